The minimum Gasteiger partial charge on any atom is -0.366 e. The highest BCUT2D eigenvalue weighted by Gasteiger charge is 2.32. The normalized spacial score (nSPS) is 17.6. The zero-order valence-electron chi connectivity index (χ0n) is 13.6. The number of benzene rings is 1. The van der Waals surface area contributed by atoms with Gasteiger partial charge in [0.25, 0.3) is 5.91 Å². The monoisotopic (exact) mass is 340 g/mol. The van der Waals surface area contributed by atoms with E-state index in [0.29, 0.717) is 42.5 Å². The number of hydrogen-bond acceptors (Lipinski definition) is 7. The molecule has 0 bridgehead atoms. The number of nitrogens with zero attached hydrogens (tertiary/aromatic N) is 4. The Morgan fingerprint density at radius 3 is 2.84 bits per heavy atom. The molecule has 1 unspecified atom stereocenters. The number of aromatic nitrogens is 3. The average molecular weight is 340 g/mol. The zero-order chi connectivity index (χ0) is 17.2. The van der Waals surface area contributed by atoms with Crippen molar-refractivity contribution >= 4 is 5.91 Å². The highest BCUT2D eigenvalue weighted by Crippen LogP contribution is 2.28. The molecule has 0 spiro atoms. The third kappa shape index (κ3) is 2.91. The summed E-state index contributed by atoms with van der Waals surface area (Å²) in [4.78, 5) is 18.8. The molecular weight excluding hydrogens is 324 g/mol. The predicted molar refractivity (Wildman–Crippen MR) is 85.6 cm³/mol. The van der Waals surface area contributed by atoms with Crippen LogP contribution in [0.5, 0.6) is 0 Å². The third-order valence-electron chi connectivity index (χ3n) is 4.14. The van der Waals surface area contributed by atoms with Gasteiger partial charge in [-0.05, 0) is 6.92 Å². The molecule has 0 saturated carbocycles. The molecule has 8 nitrogen and oxygen atoms in total. The number of amides is 1. The van der Waals surface area contributed by atoms with Gasteiger partial charge in [0.15, 0.2) is 0 Å². The standard InChI is InChI=1S/C17H16N4O4/c1-11-14(15(19-25-11)12-5-3-2-4-6-12)17(22)21-7-8-23-13(9-21)16-18-10-24-20-16/h2-6,10,13H,7-9H2,1H3. The Kier molecular flexibility index (Phi) is 4.02. The van der Waals surface area contributed by atoms with Crippen molar-refractivity contribution in [3.8, 4) is 11.3 Å². The topological polar surface area (TPSA) is 94.5 Å². The Labute approximate surface area is 143 Å². The van der Waals surface area contributed by atoms with E-state index < -0.39 is 6.10 Å². The molecule has 3 aromatic rings. The molecule has 8 heteroatoms. The highest BCUT2D eigenvalue weighted by molar-refractivity contribution is 6.00. The molecular formula is C17H16N4O4. The lowest BCUT2D eigenvalue weighted by Crippen LogP contribution is -2.42. The van der Waals surface area contributed by atoms with Crippen LogP contribution in [0.2, 0.25) is 0 Å². The van der Waals surface area contributed by atoms with Crippen LogP contribution < -0.4 is 0 Å². The van der Waals surface area contributed by atoms with Crippen LogP contribution in [0.3, 0.4) is 0 Å². The zero-order valence-corrected chi connectivity index (χ0v) is 13.6. The molecule has 1 amide bonds. The van der Waals surface area contributed by atoms with Crippen molar-refractivity contribution in [1.82, 2.24) is 20.2 Å². The summed E-state index contributed by atoms with van der Waals surface area (Å²) in [5, 5.41) is 7.88. The highest BCUT2D eigenvalue weighted by atomic mass is 16.5. The fourth-order valence-electron chi connectivity index (χ4n) is 2.89. The molecule has 1 atom stereocenters. The molecule has 0 aliphatic carbocycles. The van der Waals surface area contributed by atoms with Crippen molar-refractivity contribution in [2.75, 3.05) is 19.7 Å². The largest absolute Gasteiger partial charge is 0.366 e. The number of ether oxygens (including phenoxy) is 1. The van der Waals surface area contributed by atoms with Gasteiger partial charge >= 0.3 is 0 Å². The van der Waals surface area contributed by atoms with Crippen LogP contribution in [-0.4, -0.2) is 45.8 Å². The number of carbonyl (C=O) groups is 1. The van der Waals surface area contributed by atoms with Gasteiger partial charge in [-0.2, -0.15) is 4.98 Å². The maximum atomic E-state index is 13.1. The molecule has 2 aromatic heterocycles. The second-order valence-corrected chi connectivity index (χ2v) is 5.73. The van der Waals surface area contributed by atoms with Crippen molar-refractivity contribution in [2.24, 2.45) is 0 Å². The van der Waals surface area contributed by atoms with Crippen molar-refractivity contribution in [2.45, 2.75) is 13.0 Å². The van der Waals surface area contributed by atoms with Gasteiger partial charge in [-0.15, -0.1) is 0 Å². The van der Waals surface area contributed by atoms with Gasteiger partial charge in [-0.25, -0.2) is 0 Å². The Morgan fingerprint density at radius 2 is 2.08 bits per heavy atom. The first-order chi connectivity index (χ1) is 12.2. The number of aryl methyl sites for hydroxylation is 1. The molecule has 128 valence electrons. The average Bonchev–Trinajstić information content (AvgIpc) is 3.32. The third-order valence-corrected chi connectivity index (χ3v) is 4.14. The second kappa shape index (κ2) is 6.48. The van der Waals surface area contributed by atoms with Gasteiger partial charge in [0, 0.05) is 12.1 Å². The number of rotatable bonds is 3. The summed E-state index contributed by atoms with van der Waals surface area (Å²) in [5.74, 6) is 0.781. The smallest absolute Gasteiger partial charge is 0.259 e. The van der Waals surface area contributed by atoms with E-state index in [2.05, 4.69) is 15.3 Å². The first-order valence-electron chi connectivity index (χ1n) is 7.93. The van der Waals surface area contributed by atoms with E-state index >= 15 is 0 Å². The summed E-state index contributed by atoms with van der Waals surface area (Å²) in [6.07, 6.45) is 0.841. The van der Waals surface area contributed by atoms with E-state index in [0.717, 1.165) is 5.56 Å². The van der Waals surface area contributed by atoms with Gasteiger partial charge in [-0.3, -0.25) is 4.79 Å². The first kappa shape index (κ1) is 15.5. The summed E-state index contributed by atoms with van der Waals surface area (Å²) < 4.78 is 15.7. The SMILES string of the molecule is Cc1onc(-c2ccccc2)c1C(=O)N1CCOC(c2ncon2)C1. The molecule has 1 saturated heterocycles. The Balaban J connectivity index is 1.62. The van der Waals surface area contributed by atoms with Gasteiger partial charge in [0.2, 0.25) is 12.2 Å². The number of morpholine rings is 1. The summed E-state index contributed by atoms with van der Waals surface area (Å²) in [5.41, 5.74) is 1.86. The Hall–Kier alpha value is -3.00. The second-order valence-electron chi connectivity index (χ2n) is 5.73. The summed E-state index contributed by atoms with van der Waals surface area (Å²) in [6.45, 7) is 2.96. The fourth-order valence-corrected chi connectivity index (χ4v) is 2.89. The molecule has 0 radical (unpaired) electrons. The maximum Gasteiger partial charge on any atom is 0.259 e. The van der Waals surface area contributed by atoms with Gasteiger partial charge in [0.1, 0.15) is 23.1 Å². The number of carbonyl (C=O) groups excluding carboxylic acids is 1. The quantitative estimate of drug-likeness (QED) is 0.721. The van der Waals surface area contributed by atoms with Crippen LogP contribution >= 0.6 is 0 Å². The minimum atomic E-state index is -0.406. The predicted octanol–water partition coefficient (Wildman–Crippen LogP) is 2.25. The van der Waals surface area contributed by atoms with E-state index in [9.17, 15) is 4.79 Å². The van der Waals surface area contributed by atoms with E-state index in [4.69, 9.17) is 13.8 Å². The van der Waals surface area contributed by atoms with E-state index in [1.165, 1.54) is 6.39 Å². The molecule has 0 N–H and O–H groups in total. The molecule has 1 aliphatic rings. The maximum absolute atomic E-state index is 13.1. The number of hydrogen-bond donors (Lipinski definition) is 0. The lowest BCUT2D eigenvalue weighted by Gasteiger charge is -2.31. The Bertz CT molecular complexity index is 860. The van der Waals surface area contributed by atoms with Gasteiger partial charge < -0.3 is 18.7 Å². The summed E-state index contributed by atoms with van der Waals surface area (Å²) >= 11 is 0. The fraction of sp³-hybridized carbons (Fsp3) is 0.294. The first-order valence-corrected chi connectivity index (χ1v) is 7.93. The summed E-state index contributed by atoms with van der Waals surface area (Å²) in [7, 11) is 0. The summed E-state index contributed by atoms with van der Waals surface area (Å²) in [6, 6.07) is 9.50. The van der Waals surface area contributed by atoms with Crippen LogP contribution in [0.1, 0.15) is 28.0 Å². The van der Waals surface area contributed by atoms with E-state index in [1.54, 1.807) is 11.8 Å². The van der Waals surface area contributed by atoms with Gasteiger partial charge in [-0.1, -0.05) is 40.6 Å². The minimum absolute atomic E-state index is 0.144. The molecule has 1 aromatic carbocycles. The molecule has 25 heavy (non-hydrogen) atoms. The van der Waals surface area contributed by atoms with Crippen LogP contribution in [0.15, 0.2) is 45.8 Å². The van der Waals surface area contributed by atoms with Crippen molar-refractivity contribution in [3.63, 3.8) is 0 Å². The molecule has 1 aliphatic heterocycles. The van der Waals surface area contributed by atoms with Crippen molar-refractivity contribution in [1.29, 1.82) is 0 Å². The van der Waals surface area contributed by atoms with E-state index in [-0.39, 0.29) is 5.91 Å². The molecule has 1 fully saturated rings. The lowest BCUT2D eigenvalue weighted by molar-refractivity contribution is -0.0276. The van der Waals surface area contributed by atoms with Crippen LogP contribution in [0.4, 0.5) is 0 Å². The molecule has 4 rings (SSSR count). The van der Waals surface area contributed by atoms with Crippen molar-refractivity contribution in [3.05, 3.63) is 53.9 Å². The van der Waals surface area contributed by atoms with Gasteiger partial charge in [0.05, 0.1) is 13.2 Å². The van der Waals surface area contributed by atoms with Crippen molar-refractivity contribution < 1.29 is 18.6 Å². The van der Waals surface area contributed by atoms with E-state index in [1.807, 2.05) is 30.3 Å². The van der Waals surface area contributed by atoms with Crippen LogP contribution in [0, 0.1) is 6.92 Å². The van der Waals surface area contributed by atoms with Crippen LogP contribution in [-0.2, 0) is 4.74 Å². The Morgan fingerprint density at radius 1 is 1.24 bits per heavy atom. The van der Waals surface area contributed by atoms with Crippen LogP contribution in [0.25, 0.3) is 11.3 Å². The molecule has 3 heterocycles. The lowest BCUT2D eigenvalue weighted by atomic mass is 10.0.